The first-order valence-corrected chi connectivity index (χ1v) is 12.7. The fraction of sp³-hybridized carbons (Fsp3) is 0.233. The molecule has 1 aromatic heterocycles. The number of ether oxygens (including phenoxy) is 3. The summed E-state index contributed by atoms with van der Waals surface area (Å²) in [5.41, 5.74) is 6.16. The predicted octanol–water partition coefficient (Wildman–Crippen LogP) is 5.32. The Labute approximate surface area is 225 Å². The zero-order valence-corrected chi connectivity index (χ0v) is 21.9. The lowest BCUT2D eigenvalue weighted by Gasteiger charge is -2.20. The number of aromatic amines is 1. The summed E-state index contributed by atoms with van der Waals surface area (Å²) in [6, 6.07) is 21.7. The van der Waals surface area contributed by atoms with E-state index in [1.807, 2.05) is 49.4 Å². The number of carbonyl (C=O) groups is 2. The standard InChI is InChI=1S/C30H28N4O5/c1-4-37-27-17-22-8-7-11-25(30(36)39-19(3)38-18(2)35)28(22)26(27)16-20-12-14-21(15-13-20)23-9-5-6-10-24(23)29-31-33-34-32-29/h5-15,17,19,26H,4,16H2,1-3H3,(H,31,32,33,34). The number of rotatable bonds is 9. The van der Waals surface area contributed by atoms with Crippen LogP contribution in [0, 0.1) is 0 Å². The van der Waals surface area contributed by atoms with Crippen molar-refractivity contribution in [2.75, 3.05) is 6.61 Å². The Kier molecular flexibility index (Phi) is 7.49. The highest BCUT2D eigenvalue weighted by atomic mass is 16.7. The first-order chi connectivity index (χ1) is 18.9. The molecule has 2 unspecified atom stereocenters. The molecule has 3 aromatic carbocycles. The Balaban J connectivity index is 1.42. The third kappa shape index (κ3) is 5.57. The third-order valence-electron chi connectivity index (χ3n) is 6.48. The number of aromatic nitrogens is 4. The summed E-state index contributed by atoms with van der Waals surface area (Å²) < 4.78 is 16.4. The molecule has 0 amide bonds. The molecule has 0 saturated carbocycles. The monoisotopic (exact) mass is 524 g/mol. The van der Waals surface area contributed by atoms with Gasteiger partial charge in [0.15, 0.2) is 0 Å². The van der Waals surface area contributed by atoms with E-state index in [0.29, 0.717) is 24.4 Å². The maximum atomic E-state index is 13.1. The molecular weight excluding hydrogens is 496 g/mol. The molecule has 2 atom stereocenters. The number of fused-ring (bicyclic) bond motifs is 1. The first-order valence-electron chi connectivity index (χ1n) is 12.7. The van der Waals surface area contributed by atoms with E-state index in [1.54, 1.807) is 6.07 Å². The van der Waals surface area contributed by atoms with Crippen LogP contribution in [0.2, 0.25) is 0 Å². The lowest BCUT2D eigenvalue weighted by Crippen LogP contribution is -2.22. The topological polar surface area (TPSA) is 116 Å². The van der Waals surface area contributed by atoms with Gasteiger partial charge >= 0.3 is 11.9 Å². The van der Waals surface area contributed by atoms with Gasteiger partial charge in [-0.05, 0) is 58.5 Å². The summed E-state index contributed by atoms with van der Waals surface area (Å²) in [4.78, 5) is 24.4. The highest BCUT2D eigenvalue weighted by Crippen LogP contribution is 2.42. The van der Waals surface area contributed by atoms with E-state index in [-0.39, 0.29) is 5.92 Å². The molecule has 1 heterocycles. The second kappa shape index (κ2) is 11.3. The second-order valence-corrected chi connectivity index (χ2v) is 9.11. The fourth-order valence-electron chi connectivity index (χ4n) is 4.92. The van der Waals surface area contributed by atoms with Crippen LogP contribution in [0.25, 0.3) is 28.6 Å². The van der Waals surface area contributed by atoms with Gasteiger partial charge in [0.05, 0.1) is 12.2 Å². The Hall–Kier alpha value is -4.79. The molecule has 9 heteroatoms. The van der Waals surface area contributed by atoms with Gasteiger partial charge in [-0.15, -0.1) is 10.2 Å². The van der Waals surface area contributed by atoms with Crippen molar-refractivity contribution in [3.63, 3.8) is 0 Å². The summed E-state index contributed by atoms with van der Waals surface area (Å²) in [6.45, 7) is 5.23. The van der Waals surface area contributed by atoms with Gasteiger partial charge in [0.1, 0.15) is 5.76 Å². The number of carbonyl (C=O) groups excluding carboxylic acids is 2. The van der Waals surface area contributed by atoms with Crippen molar-refractivity contribution >= 4 is 18.0 Å². The molecule has 0 fully saturated rings. The number of allylic oxidation sites excluding steroid dienone is 1. The second-order valence-electron chi connectivity index (χ2n) is 9.11. The zero-order valence-electron chi connectivity index (χ0n) is 21.9. The number of esters is 2. The smallest absolute Gasteiger partial charge is 0.341 e. The van der Waals surface area contributed by atoms with E-state index in [1.165, 1.54) is 13.8 Å². The number of hydrogen-bond acceptors (Lipinski definition) is 8. The molecule has 9 nitrogen and oxygen atoms in total. The minimum Gasteiger partial charge on any atom is -0.498 e. The largest absolute Gasteiger partial charge is 0.498 e. The number of tetrazole rings is 1. The number of nitrogens with zero attached hydrogens (tertiary/aromatic N) is 3. The number of H-pyrrole nitrogens is 1. The average Bonchev–Trinajstić information content (AvgIpc) is 3.58. The van der Waals surface area contributed by atoms with Crippen molar-refractivity contribution in [3.05, 3.63) is 94.7 Å². The van der Waals surface area contributed by atoms with Crippen LogP contribution in [0.5, 0.6) is 0 Å². The Morgan fingerprint density at radius 2 is 1.74 bits per heavy atom. The molecule has 0 aliphatic heterocycles. The number of benzene rings is 3. The molecule has 4 aromatic rings. The van der Waals surface area contributed by atoms with Gasteiger partial charge in [0.25, 0.3) is 0 Å². The molecule has 39 heavy (non-hydrogen) atoms. The lowest BCUT2D eigenvalue weighted by atomic mass is 9.88. The van der Waals surface area contributed by atoms with Crippen molar-refractivity contribution in [2.24, 2.45) is 0 Å². The summed E-state index contributed by atoms with van der Waals surface area (Å²) in [5, 5.41) is 14.5. The number of hydrogen-bond donors (Lipinski definition) is 1. The Morgan fingerprint density at radius 3 is 2.44 bits per heavy atom. The van der Waals surface area contributed by atoms with Crippen LogP contribution in [-0.2, 0) is 25.4 Å². The maximum absolute atomic E-state index is 13.1. The van der Waals surface area contributed by atoms with E-state index < -0.39 is 18.2 Å². The molecule has 1 aliphatic rings. The summed E-state index contributed by atoms with van der Waals surface area (Å²) in [6.07, 6.45) is 1.61. The molecule has 0 bridgehead atoms. The fourth-order valence-corrected chi connectivity index (χ4v) is 4.92. The van der Waals surface area contributed by atoms with Crippen molar-refractivity contribution in [1.82, 2.24) is 20.6 Å². The van der Waals surface area contributed by atoms with Crippen molar-refractivity contribution < 1.29 is 23.8 Å². The van der Waals surface area contributed by atoms with Crippen molar-refractivity contribution in [3.8, 4) is 22.5 Å². The van der Waals surface area contributed by atoms with Crippen LogP contribution in [-0.4, -0.2) is 45.5 Å². The van der Waals surface area contributed by atoms with Gasteiger partial charge in [0, 0.05) is 25.3 Å². The minimum atomic E-state index is -0.993. The number of nitrogens with one attached hydrogen (secondary N) is 1. The SMILES string of the molecule is CCOC1=Cc2cccc(C(=O)OC(C)OC(C)=O)c2C1Cc1ccc(-c2ccccc2-c2nn[nH]n2)cc1. The highest BCUT2D eigenvalue weighted by molar-refractivity contribution is 5.94. The van der Waals surface area contributed by atoms with Gasteiger partial charge in [-0.3, -0.25) is 4.79 Å². The van der Waals surface area contributed by atoms with Crippen LogP contribution in [0.4, 0.5) is 0 Å². The molecule has 5 rings (SSSR count). The third-order valence-corrected chi connectivity index (χ3v) is 6.48. The molecule has 1 aliphatic carbocycles. The van der Waals surface area contributed by atoms with Gasteiger partial charge < -0.3 is 14.2 Å². The molecule has 198 valence electrons. The van der Waals surface area contributed by atoms with E-state index in [0.717, 1.165) is 39.1 Å². The quantitative estimate of drug-likeness (QED) is 0.231. The summed E-state index contributed by atoms with van der Waals surface area (Å²) >= 11 is 0. The van der Waals surface area contributed by atoms with E-state index in [4.69, 9.17) is 14.2 Å². The van der Waals surface area contributed by atoms with E-state index in [2.05, 4.69) is 44.9 Å². The molecule has 1 N–H and O–H groups in total. The lowest BCUT2D eigenvalue weighted by molar-refractivity contribution is -0.162. The highest BCUT2D eigenvalue weighted by Gasteiger charge is 2.32. The van der Waals surface area contributed by atoms with Crippen molar-refractivity contribution in [2.45, 2.75) is 39.4 Å². The Morgan fingerprint density at radius 1 is 0.974 bits per heavy atom. The summed E-state index contributed by atoms with van der Waals surface area (Å²) in [7, 11) is 0. The minimum absolute atomic E-state index is 0.176. The summed E-state index contributed by atoms with van der Waals surface area (Å²) in [5.74, 6) is 0.0870. The van der Waals surface area contributed by atoms with Crippen LogP contribution in [0.15, 0.2) is 72.5 Å². The van der Waals surface area contributed by atoms with Crippen molar-refractivity contribution in [1.29, 1.82) is 0 Å². The molecule has 0 spiro atoms. The maximum Gasteiger partial charge on any atom is 0.341 e. The van der Waals surface area contributed by atoms with E-state index in [9.17, 15) is 9.59 Å². The molecule has 0 radical (unpaired) electrons. The molecular formula is C30H28N4O5. The average molecular weight is 525 g/mol. The zero-order chi connectivity index (χ0) is 27.4. The Bertz CT molecular complexity index is 1510. The van der Waals surface area contributed by atoms with Crippen LogP contribution < -0.4 is 0 Å². The van der Waals surface area contributed by atoms with Gasteiger partial charge in [-0.1, -0.05) is 60.7 Å². The van der Waals surface area contributed by atoms with Crippen LogP contribution in [0.1, 0.15) is 53.7 Å². The van der Waals surface area contributed by atoms with E-state index >= 15 is 0 Å². The normalized spacial score (nSPS) is 14.7. The van der Waals surface area contributed by atoms with Gasteiger partial charge in [-0.2, -0.15) is 5.21 Å². The van der Waals surface area contributed by atoms with Gasteiger partial charge in [-0.25, -0.2) is 4.79 Å². The first kappa shape index (κ1) is 25.8. The predicted molar refractivity (Wildman–Crippen MR) is 144 cm³/mol. The van der Waals surface area contributed by atoms with Gasteiger partial charge in [0.2, 0.25) is 12.1 Å². The molecule has 0 saturated heterocycles. The van der Waals surface area contributed by atoms with Crippen LogP contribution >= 0.6 is 0 Å². The van der Waals surface area contributed by atoms with Crippen LogP contribution in [0.3, 0.4) is 0 Å².